The Balaban J connectivity index is 1.37. The first-order valence-electron chi connectivity index (χ1n) is 9.27. The summed E-state index contributed by atoms with van der Waals surface area (Å²) in [5, 5.41) is 0. The molecule has 1 saturated heterocycles. The molecule has 27 heavy (non-hydrogen) atoms. The molecule has 0 spiro atoms. The predicted octanol–water partition coefficient (Wildman–Crippen LogP) is 2.15. The van der Waals surface area contributed by atoms with Crippen molar-refractivity contribution in [2.24, 2.45) is 0 Å². The minimum Gasteiger partial charge on any atom is -0.370 e. The number of nitrogens with zero attached hydrogens (tertiary/aromatic N) is 2. The Bertz CT molecular complexity index is 941. The van der Waals surface area contributed by atoms with Gasteiger partial charge in [-0.05, 0) is 48.7 Å². The molecule has 142 valence electrons. The van der Waals surface area contributed by atoms with Crippen LogP contribution in [0.2, 0.25) is 0 Å². The van der Waals surface area contributed by atoms with Crippen LogP contribution in [0.15, 0.2) is 53.4 Å². The third-order valence-electron chi connectivity index (χ3n) is 5.19. The normalized spacial score (nSPS) is 16.8. The molecule has 0 bridgehead atoms. The van der Waals surface area contributed by atoms with Crippen LogP contribution in [0.5, 0.6) is 0 Å². The smallest absolute Gasteiger partial charge is 0.240 e. The molecule has 1 amide bonds. The zero-order valence-corrected chi connectivity index (χ0v) is 15.9. The molecule has 0 atom stereocenters. The van der Waals surface area contributed by atoms with Crippen LogP contribution in [-0.2, 0) is 21.2 Å². The zero-order valence-electron chi connectivity index (χ0n) is 15.1. The fourth-order valence-electron chi connectivity index (χ4n) is 3.76. The van der Waals surface area contributed by atoms with Gasteiger partial charge in [-0.15, -0.1) is 0 Å². The van der Waals surface area contributed by atoms with E-state index >= 15 is 0 Å². The molecule has 2 aromatic carbocycles. The second-order valence-corrected chi connectivity index (χ2v) is 8.67. The van der Waals surface area contributed by atoms with E-state index in [0.29, 0.717) is 26.1 Å². The van der Waals surface area contributed by atoms with Crippen LogP contribution >= 0.6 is 0 Å². The molecule has 0 saturated carbocycles. The number of hydrogen-bond acceptors (Lipinski definition) is 4. The number of carbonyl (C=O) groups is 1. The summed E-state index contributed by atoms with van der Waals surface area (Å²) in [4.78, 5) is 15.9. The summed E-state index contributed by atoms with van der Waals surface area (Å²) in [6.45, 7) is 2.60. The Hall–Kier alpha value is -2.38. The van der Waals surface area contributed by atoms with Gasteiger partial charge in [-0.3, -0.25) is 4.79 Å². The number of sulfonamides is 1. The first kappa shape index (κ1) is 18.0. The van der Waals surface area contributed by atoms with Gasteiger partial charge < -0.3 is 9.80 Å². The maximum Gasteiger partial charge on any atom is 0.240 e. The Morgan fingerprint density at radius 2 is 1.74 bits per heavy atom. The third-order valence-corrected chi connectivity index (χ3v) is 6.67. The molecule has 2 aliphatic heterocycles. The van der Waals surface area contributed by atoms with Gasteiger partial charge in [-0.2, -0.15) is 0 Å². The minimum atomic E-state index is -3.56. The van der Waals surface area contributed by atoms with E-state index in [1.54, 1.807) is 29.2 Å². The average molecular weight is 385 g/mol. The average Bonchev–Trinajstić information content (AvgIpc) is 3.28. The molecule has 7 heteroatoms. The molecule has 2 aromatic rings. The van der Waals surface area contributed by atoms with Crippen molar-refractivity contribution in [2.45, 2.75) is 24.2 Å². The lowest BCUT2D eigenvalue weighted by Crippen LogP contribution is -2.34. The molecule has 1 fully saturated rings. The Kier molecular flexibility index (Phi) is 4.88. The highest BCUT2D eigenvalue weighted by molar-refractivity contribution is 7.89. The lowest BCUT2D eigenvalue weighted by Gasteiger charge is -2.19. The standard InChI is InChI=1S/C20H23N3O3S/c24-20-6-3-13-23(20)17-7-9-18(10-8-17)27(25,26)21-12-15-22-14-11-16-4-1-2-5-19(16)22/h1-2,4-5,7-10,21H,3,6,11-15H2. The van der Waals surface area contributed by atoms with Gasteiger partial charge in [0.1, 0.15) is 0 Å². The molecule has 0 radical (unpaired) electrons. The van der Waals surface area contributed by atoms with E-state index in [9.17, 15) is 13.2 Å². The maximum absolute atomic E-state index is 12.5. The van der Waals surface area contributed by atoms with Crippen LogP contribution in [0, 0.1) is 0 Å². The Morgan fingerprint density at radius 3 is 2.48 bits per heavy atom. The monoisotopic (exact) mass is 385 g/mol. The number of rotatable bonds is 6. The number of carbonyl (C=O) groups excluding carboxylic acids is 1. The summed E-state index contributed by atoms with van der Waals surface area (Å²) in [7, 11) is -3.56. The molecule has 6 nitrogen and oxygen atoms in total. The predicted molar refractivity (Wildman–Crippen MR) is 106 cm³/mol. The lowest BCUT2D eigenvalue weighted by molar-refractivity contribution is -0.117. The van der Waals surface area contributed by atoms with E-state index in [4.69, 9.17) is 0 Å². The van der Waals surface area contributed by atoms with Crippen molar-refractivity contribution in [2.75, 3.05) is 36.0 Å². The summed E-state index contributed by atoms with van der Waals surface area (Å²) in [6, 6.07) is 14.8. The van der Waals surface area contributed by atoms with Gasteiger partial charge in [-0.25, -0.2) is 13.1 Å². The largest absolute Gasteiger partial charge is 0.370 e. The van der Waals surface area contributed by atoms with Crippen LogP contribution in [0.4, 0.5) is 11.4 Å². The first-order chi connectivity index (χ1) is 13.0. The summed E-state index contributed by atoms with van der Waals surface area (Å²) < 4.78 is 27.8. The van der Waals surface area contributed by atoms with Crippen LogP contribution in [0.25, 0.3) is 0 Å². The molecule has 2 aliphatic rings. The number of benzene rings is 2. The second-order valence-electron chi connectivity index (χ2n) is 6.91. The second kappa shape index (κ2) is 7.32. The van der Waals surface area contributed by atoms with Crippen molar-refractivity contribution in [3.8, 4) is 0 Å². The highest BCUT2D eigenvalue weighted by Gasteiger charge is 2.23. The van der Waals surface area contributed by atoms with E-state index in [2.05, 4.69) is 21.8 Å². The number of hydrogen-bond donors (Lipinski definition) is 1. The van der Waals surface area contributed by atoms with Gasteiger partial charge in [0.05, 0.1) is 4.90 Å². The van der Waals surface area contributed by atoms with Crippen molar-refractivity contribution in [1.82, 2.24) is 4.72 Å². The topological polar surface area (TPSA) is 69.7 Å². The van der Waals surface area contributed by atoms with Crippen molar-refractivity contribution in [3.05, 3.63) is 54.1 Å². The van der Waals surface area contributed by atoms with E-state index in [0.717, 1.165) is 25.1 Å². The molecule has 0 aliphatic carbocycles. The SMILES string of the molecule is O=C1CCCN1c1ccc(S(=O)(=O)NCCN2CCc3ccccc32)cc1. The summed E-state index contributed by atoms with van der Waals surface area (Å²) in [5.41, 5.74) is 3.26. The Morgan fingerprint density at radius 1 is 0.963 bits per heavy atom. The van der Waals surface area contributed by atoms with Crippen LogP contribution < -0.4 is 14.5 Å². The molecule has 1 N–H and O–H groups in total. The fourth-order valence-corrected chi connectivity index (χ4v) is 4.78. The van der Waals surface area contributed by atoms with Gasteiger partial charge in [0.25, 0.3) is 0 Å². The fraction of sp³-hybridized carbons (Fsp3) is 0.350. The molecule has 0 unspecified atom stereocenters. The van der Waals surface area contributed by atoms with Gasteiger partial charge in [-0.1, -0.05) is 18.2 Å². The van der Waals surface area contributed by atoms with Gasteiger partial charge in [0.15, 0.2) is 0 Å². The number of nitrogens with one attached hydrogen (secondary N) is 1. The van der Waals surface area contributed by atoms with E-state index < -0.39 is 10.0 Å². The number of amides is 1. The third kappa shape index (κ3) is 3.70. The zero-order chi connectivity index (χ0) is 18.9. The van der Waals surface area contributed by atoms with E-state index in [-0.39, 0.29) is 10.8 Å². The van der Waals surface area contributed by atoms with Crippen molar-refractivity contribution < 1.29 is 13.2 Å². The number of fused-ring (bicyclic) bond motifs is 1. The molecule has 2 heterocycles. The molecule has 0 aromatic heterocycles. The molecular weight excluding hydrogens is 362 g/mol. The first-order valence-corrected chi connectivity index (χ1v) is 10.8. The maximum atomic E-state index is 12.5. The van der Waals surface area contributed by atoms with Crippen molar-refractivity contribution in [3.63, 3.8) is 0 Å². The molecule has 4 rings (SSSR count). The lowest BCUT2D eigenvalue weighted by atomic mass is 10.2. The van der Waals surface area contributed by atoms with E-state index in [1.807, 2.05) is 12.1 Å². The molecular formula is C20H23N3O3S. The Labute approximate surface area is 159 Å². The van der Waals surface area contributed by atoms with Crippen molar-refractivity contribution >= 4 is 27.3 Å². The quantitative estimate of drug-likeness (QED) is 0.827. The van der Waals surface area contributed by atoms with Gasteiger partial charge >= 0.3 is 0 Å². The van der Waals surface area contributed by atoms with Crippen molar-refractivity contribution in [1.29, 1.82) is 0 Å². The number of anilines is 2. The van der Waals surface area contributed by atoms with Crippen LogP contribution in [-0.4, -0.2) is 40.5 Å². The highest BCUT2D eigenvalue weighted by Crippen LogP contribution is 2.27. The van der Waals surface area contributed by atoms with Gasteiger partial charge in [0.2, 0.25) is 15.9 Å². The van der Waals surface area contributed by atoms with Crippen LogP contribution in [0.1, 0.15) is 18.4 Å². The van der Waals surface area contributed by atoms with Gasteiger partial charge in [0, 0.05) is 44.0 Å². The van der Waals surface area contributed by atoms with E-state index in [1.165, 1.54) is 11.3 Å². The summed E-state index contributed by atoms with van der Waals surface area (Å²) in [5.74, 6) is 0.0922. The van der Waals surface area contributed by atoms with Crippen LogP contribution in [0.3, 0.4) is 0 Å². The summed E-state index contributed by atoms with van der Waals surface area (Å²) >= 11 is 0. The summed E-state index contributed by atoms with van der Waals surface area (Å²) in [6.07, 6.45) is 2.40. The number of para-hydroxylation sites is 1. The highest BCUT2D eigenvalue weighted by atomic mass is 32.2. The minimum absolute atomic E-state index is 0.0922.